The summed E-state index contributed by atoms with van der Waals surface area (Å²) in [6, 6.07) is 5.89. The zero-order chi connectivity index (χ0) is 14.7. The molecule has 1 aromatic heterocycles. The number of amides is 1. The molecule has 1 saturated heterocycles. The normalized spacial score (nSPS) is 18.8. The highest BCUT2D eigenvalue weighted by Crippen LogP contribution is 2.25. The largest absolute Gasteiger partial charge is 0.360 e. The molecule has 3 N–H and O–H groups in total. The topological polar surface area (TPSA) is 56.9 Å². The van der Waals surface area contributed by atoms with Crippen LogP contribution in [0.4, 0.5) is 0 Å². The van der Waals surface area contributed by atoms with Crippen molar-refractivity contribution in [1.29, 1.82) is 0 Å². The van der Waals surface area contributed by atoms with Gasteiger partial charge in [-0.1, -0.05) is 23.7 Å². The highest BCUT2D eigenvalue weighted by atomic mass is 35.5. The Balaban J connectivity index is 1.57. The van der Waals surface area contributed by atoms with E-state index in [0.29, 0.717) is 6.54 Å². The quantitative estimate of drug-likeness (QED) is 0.813. The molecule has 0 bridgehead atoms. The van der Waals surface area contributed by atoms with E-state index < -0.39 is 0 Å². The lowest BCUT2D eigenvalue weighted by molar-refractivity contribution is -0.125. The van der Waals surface area contributed by atoms with Crippen LogP contribution in [0.1, 0.15) is 18.4 Å². The zero-order valence-corrected chi connectivity index (χ0v) is 12.7. The molecule has 112 valence electrons. The molecule has 2 heterocycles. The monoisotopic (exact) mass is 305 g/mol. The molecule has 5 heteroatoms. The van der Waals surface area contributed by atoms with Gasteiger partial charge in [-0.3, -0.25) is 4.79 Å². The number of fused-ring (bicyclic) bond motifs is 1. The number of halogens is 1. The first kappa shape index (κ1) is 14.4. The molecule has 1 aliphatic heterocycles. The molecule has 0 aliphatic carbocycles. The van der Waals surface area contributed by atoms with Gasteiger partial charge in [0.1, 0.15) is 0 Å². The fraction of sp³-hybridized carbons (Fsp3) is 0.438. The van der Waals surface area contributed by atoms with Crippen LogP contribution < -0.4 is 10.6 Å². The molecule has 1 aromatic carbocycles. The van der Waals surface area contributed by atoms with E-state index in [1.807, 2.05) is 18.3 Å². The molecule has 3 rings (SSSR count). The lowest BCUT2D eigenvalue weighted by Gasteiger charge is -2.21. The molecule has 1 atom stereocenters. The SMILES string of the molecule is O=C(NCCc1c[nH]c2c(Cl)cccc12)[C@@H]1CCCNC1. The average molecular weight is 306 g/mol. The van der Waals surface area contributed by atoms with Gasteiger partial charge in [-0.25, -0.2) is 0 Å². The van der Waals surface area contributed by atoms with Crippen LogP contribution in [0.15, 0.2) is 24.4 Å². The van der Waals surface area contributed by atoms with E-state index in [9.17, 15) is 4.79 Å². The van der Waals surface area contributed by atoms with Crippen LogP contribution >= 0.6 is 11.6 Å². The summed E-state index contributed by atoms with van der Waals surface area (Å²) in [4.78, 5) is 15.3. The third kappa shape index (κ3) is 3.22. The Kier molecular flexibility index (Phi) is 4.46. The van der Waals surface area contributed by atoms with Crippen molar-refractivity contribution in [2.45, 2.75) is 19.3 Å². The molecule has 0 radical (unpaired) electrons. The Hall–Kier alpha value is -1.52. The number of nitrogens with one attached hydrogen (secondary N) is 3. The van der Waals surface area contributed by atoms with Crippen molar-refractivity contribution in [3.8, 4) is 0 Å². The number of rotatable bonds is 4. The predicted octanol–water partition coefficient (Wildman–Crippen LogP) is 2.48. The Labute approximate surface area is 129 Å². The minimum Gasteiger partial charge on any atom is -0.360 e. The minimum absolute atomic E-state index is 0.121. The van der Waals surface area contributed by atoms with Crippen LogP contribution in [0.3, 0.4) is 0 Å². The Morgan fingerprint density at radius 1 is 1.43 bits per heavy atom. The van der Waals surface area contributed by atoms with Crippen molar-refractivity contribution in [3.63, 3.8) is 0 Å². The third-order valence-electron chi connectivity index (χ3n) is 4.11. The number of para-hydroxylation sites is 1. The second kappa shape index (κ2) is 6.50. The van der Waals surface area contributed by atoms with Gasteiger partial charge >= 0.3 is 0 Å². The predicted molar refractivity (Wildman–Crippen MR) is 85.6 cm³/mol. The first-order valence-corrected chi connectivity index (χ1v) is 7.86. The molecular formula is C16H20ClN3O. The van der Waals surface area contributed by atoms with Crippen molar-refractivity contribution in [1.82, 2.24) is 15.6 Å². The van der Waals surface area contributed by atoms with Gasteiger partial charge in [0.25, 0.3) is 0 Å². The number of carbonyl (C=O) groups is 1. The van der Waals surface area contributed by atoms with Gasteiger partial charge in [0, 0.05) is 24.7 Å². The molecule has 1 amide bonds. The van der Waals surface area contributed by atoms with E-state index in [2.05, 4.69) is 21.7 Å². The number of aromatic nitrogens is 1. The molecule has 21 heavy (non-hydrogen) atoms. The first-order chi connectivity index (χ1) is 10.3. The maximum Gasteiger partial charge on any atom is 0.224 e. The first-order valence-electron chi connectivity index (χ1n) is 7.48. The van der Waals surface area contributed by atoms with E-state index in [-0.39, 0.29) is 11.8 Å². The number of carbonyl (C=O) groups excluding carboxylic acids is 1. The van der Waals surface area contributed by atoms with Crippen LogP contribution in [-0.4, -0.2) is 30.5 Å². The number of hydrogen-bond acceptors (Lipinski definition) is 2. The van der Waals surface area contributed by atoms with E-state index in [4.69, 9.17) is 11.6 Å². The van der Waals surface area contributed by atoms with Crippen LogP contribution in [0, 0.1) is 5.92 Å². The second-order valence-electron chi connectivity index (χ2n) is 5.56. The van der Waals surface area contributed by atoms with Gasteiger partial charge in [-0.2, -0.15) is 0 Å². The molecule has 1 fully saturated rings. The summed E-state index contributed by atoms with van der Waals surface area (Å²) in [6.07, 6.45) is 4.86. The number of benzene rings is 1. The smallest absolute Gasteiger partial charge is 0.224 e. The Morgan fingerprint density at radius 2 is 2.33 bits per heavy atom. The summed E-state index contributed by atoms with van der Waals surface area (Å²) in [7, 11) is 0. The summed E-state index contributed by atoms with van der Waals surface area (Å²) in [5, 5.41) is 8.18. The van der Waals surface area contributed by atoms with Crippen molar-refractivity contribution in [2.24, 2.45) is 5.92 Å². The molecular weight excluding hydrogens is 286 g/mol. The molecule has 1 aliphatic rings. The van der Waals surface area contributed by atoms with Crippen molar-refractivity contribution in [3.05, 3.63) is 35.0 Å². The maximum atomic E-state index is 12.1. The minimum atomic E-state index is 0.121. The Bertz CT molecular complexity index is 631. The highest BCUT2D eigenvalue weighted by molar-refractivity contribution is 6.35. The zero-order valence-electron chi connectivity index (χ0n) is 11.9. The van der Waals surface area contributed by atoms with Crippen molar-refractivity contribution >= 4 is 28.4 Å². The molecule has 4 nitrogen and oxygen atoms in total. The van der Waals surface area contributed by atoms with Crippen molar-refractivity contribution < 1.29 is 4.79 Å². The molecule has 2 aromatic rings. The van der Waals surface area contributed by atoms with Gasteiger partial charge in [-0.05, 0) is 37.4 Å². The van der Waals surface area contributed by atoms with Gasteiger partial charge < -0.3 is 15.6 Å². The van der Waals surface area contributed by atoms with Crippen LogP contribution in [0.2, 0.25) is 5.02 Å². The third-order valence-corrected chi connectivity index (χ3v) is 4.43. The summed E-state index contributed by atoms with van der Waals surface area (Å²) in [6.45, 7) is 2.49. The van der Waals surface area contributed by atoms with Gasteiger partial charge in [0.05, 0.1) is 16.5 Å². The summed E-state index contributed by atoms with van der Waals surface area (Å²) < 4.78 is 0. The number of H-pyrrole nitrogens is 1. The highest BCUT2D eigenvalue weighted by Gasteiger charge is 2.20. The standard InChI is InChI=1S/C16H20ClN3O/c17-14-5-1-4-13-11(10-20-15(13)14)6-8-19-16(21)12-3-2-7-18-9-12/h1,4-5,10,12,18,20H,2-3,6-9H2,(H,19,21)/t12-/m1/s1. The number of piperidine rings is 1. The number of aromatic amines is 1. The molecule has 0 saturated carbocycles. The van der Waals surface area contributed by atoms with E-state index in [0.717, 1.165) is 48.3 Å². The maximum absolute atomic E-state index is 12.1. The molecule has 0 spiro atoms. The lowest BCUT2D eigenvalue weighted by atomic mass is 9.99. The van der Waals surface area contributed by atoms with E-state index >= 15 is 0 Å². The summed E-state index contributed by atoms with van der Waals surface area (Å²) >= 11 is 6.15. The summed E-state index contributed by atoms with van der Waals surface area (Å²) in [5.74, 6) is 0.288. The lowest BCUT2D eigenvalue weighted by Crippen LogP contribution is -2.41. The average Bonchev–Trinajstić information content (AvgIpc) is 2.93. The number of hydrogen-bond donors (Lipinski definition) is 3. The fourth-order valence-corrected chi connectivity index (χ4v) is 3.15. The van der Waals surface area contributed by atoms with Crippen LogP contribution in [0.25, 0.3) is 10.9 Å². The van der Waals surface area contributed by atoms with Gasteiger partial charge in [0.2, 0.25) is 5.91 Å². The van der Waals surface area contributed by atoms with Gasteiger partial charge in [-0.15, -0.1) is 0 Å². The fourth-order valence-electron chi connectivity index (χ4n) is 2.92. The second-order valence-corrected chi connectivity index (χ2v) is 5.97. The van der Waals surface area contributed by atoms with Crippen molar-refractivity contribution in [2.75, 3.05) is 19.6 Å². The molecule has 0 unspecified atom stereocenters. The van der Waals surface area contributed by atoms with Crippen LogP contribution in [0.5, 0.6) is 0 Å². The van der Waals surface area contributed by atoms with Crippen LogP contribution in [-0.2, 0) is 11.2 Å². The van der Waals surface area contributed by atoms with Gasteiger partial charge in [0.15, 0.2) is 0 Å². The van der Waals surface area contributed by atoms with E-state index in [1.165, 1.54) is 5.56 Å². The van der Waals surface area contributed by atoms with E-state index in [1.54, 1.807) is 0 Å². The Morgan fingerprint density at radius 3 is 3.14 bits per heavy atom. The summed E-state index contributed by atoms with van der Waals surface area (Å²) in [5.41, 5.74) is 2.16.